The molecular formula is C6H6BrClF3NS. The van der Waals surface area contributed by atoms with Crippen LogP contribution < -0.4 is 5.73 Å². The van der Waals surface area contributed by atoms with Crippen LogP contribution in [0.3, 0.4) is 0 Å². The molecule has 0 bridgehead atoms. The second-order valence-electron chi connectivity index (χ2n) is 2.19. The van der Waals surface area contributed by atoms with E-state index in [1.807, 2.05) is 0 Å². The topological polar surface area (TPSA) is 26.0 Å². The van der Waals surface area contributed by atoms with Crippen LogP contribution in [0.2, 0.25) is 0 Å². The van der Waals surface area contributed by atoms with Gasteiger partial charge in [-0.15, -0.1) is 23.7 Å². The van der Waals surface area contributed by atoms with Crippen molar-refractivity contribution in [3.05, 3.63) is 20.8 Å². The molecule has 0 aromatic carbocycles. The largest absolute Gasteiger partial charge is 0.408 e. The molecule has 0 fully saturated rings. The summed E-state index contributed by atoms with van der Waals surface area (Å²) in [5.41, 5.74) is 4.95. The molecule has 0 aliphatic heterocycles. The van der Waals surface area contributed by atoms with Crippen molar-refractivity contribution < 1.29 is 13.2 Å². The van der Waals surface area contributed by atoms with Gasteiger partial charge in [0, 0.05) is 14.7 Å². The maximum absolute atomic E-state index is 12.0. The predicted octanol–water partition coefficient (Wildman–Crippen LogP) is 3.49. The molecule has 76 valence electrons. The lowest BCUT2D eigenvalue weighted by atomic mass is 10.2. The molecule has 1 aromatic rings. The maximum Gasteiger partial charge on any atom is 0.408 e. The van der Waals surface area contributed by atoms with Gasteiger partial charge in [-0.05, 0) is 22.0 Å². The Labute approximate surface area is 91.7 Å². The smallest absolute Gasteiger partial charge is 0.316 e. The van der Waals surface area contributed by atoms with Gasteiger partial charge < -0.3 is 5.73 Å². The molecule has 0 spiro atoms. The van der Waals surface area contributed by atoms with Crippen molar-refractivity contribution in [2.24, 2.45) is 5.73 Å². The SMILES string of the molecule is Cl.N[C@H](c1cc(Br)cs1)C(F)(F)F. The molecule has 2 N–H and O–H groups in total. The van der Waals surface area contributed by atoms with Crippen LogP contribution in [0.25, 0.3) is 0 Å². The summed E-state index contributed by atoms with van der Waals surface area (Å²) in [4.78, 5) is 0.120. The molecular weight excluding hydrogens is 290 g/mol. The van der Waals surface area contributed by atoms with Crippen LogP contribution in [0, 0.1) is 0 Å². The van der Waals surface area contributed by atoms with Gasteiger partial charge in [0.2, 0.25) is 0 Å². The van der Waals surface area contributed by atoms with Crippen molar-refractivity contribution in [2.75, 3.05) is 0 Å². The fourth-order valence-electron chi connectivity index (χ4n) is 0.653. The van der Waals surface area contributed by atoms with Crippen LogP contribution in [0.5, 0.6) is 0 Å². The van der Waals surface area contributed by atoms with Gasteiger partial charge in [-0.2, -0.15) is 13.2 Å². The van der Waals surface area contributed by atoms with Crippen LogP contribution in [-0.2, 0) is 0 Å². The lowest BCUT2D eigenvalue weighted by molar-refractivity contribution is -0.148. The first kappa shape index (κ1) is 13.2. The number of alkyl halides is 3. The summed E-state index contributed by atoms with van der Waals surface area (Å²) in [6.45, 7) is 0. The zero-order chi connectivity index (χ0) is 9.35. The molecule has 1 aromatic heterocycles. The number of halogens is 5. The molecule has 0 amide bonds. The normalized spacial score (nSPS) is 13.6. The molecule has 0 unspecified atom stereocenters. The predicted molar refractivity (Wildman–Crippen MR) is 52.3 cm³/mol. The highest BCUT2D eigenvalue weighted by atomic mass is 79.9. The Morgan fingerprint density at radius 2 is 2.00 bits per heavy atom. The van der Waals surface area contributed by atoms with Crippen LogP contribution in [0.4, 0.5) is 13.2 Å². The van der Waals surface area contributed by atoms with Crippen molar-refractivity contribution in [1.29, 1.82) is 0 Å². The number of rotatable bonds is 1. The standard InChI is InChI=1S/C6H5BrF3NS.ClH/c7-3-1-4(12-2-3)5(11)6(8,9)10;/h1-2,5H,11H2;1H/t5-;/m1./s1. The Morgan fingerprint density at radius 3 is 2.31 bits per heavy atom. The van der Waals surface area contributed by atoms with Gasteiger partial charge >= 0.3 is 6.18 Å². The number of thiophene rings is 1. The van der Waals surface area contributed by atoms with E-state index in [2.05, 4.69) is 15.9 Å². The minimum Gasteiger partial charge on any atom is -0.316 e. The van der Waals surface area contributed by atoms with E-state index < -0.39 is 12.2 Å². The quantitative estimate of drug-likeness (QED) is 0.843. The third-order valence-corrected chi connectivity index (χ3v) is 3.02. The Morgan fingerprint density at radius 1 is 1.46 bits per heavy atom. The first-order valence-electron chi connectivity index (χ1n) is 2.97. The first-order valence-corrected chi connectivity index (χ1v) is 4.65. The van der Waals surface area contributed by atoms with Gasteiger partial charge in [0.15, 0.2) is 0 Å². The summed E-state index contributed by atoms with van der Waals surface area (Å²) in [6, 6.07) is -0.489. The molecule has 1 atom stereocenters. The summed E-state index contributed by atoms with van der Waals surface area (Å²) in [6.07, 6.45) is -4.36. The van der Waals surface area contributed by atoms with Crippen molar-refractivity contribution in [1.82, 2.24) is 0 Å². The third-order valence-electron chi connectivity index (χ3n) is 1.25. The minimum atomic E-state index is -4.36. The van der Waals surface area contributed by atoms with Crippen molar-refractivity contribution in [3.8, 4) is 0 Å². The lowest BCUT2D eigenvalue weighted by Crippen LogP contribution is -2.27. The average molecular weight is 297 g/mol. The molecule has 0 saturated carbocycles. The summed E-state index contributed by atoms with van der Waals surface area (Å²) < 4.78 is 36.7. The Balaban J connectivity index is 0.00000144. The van der Waals surface area contributed by atoms with E-state index in [-0.39, 0.29) is 17.3 Å². The summed E-state index contributed by atoms with van der Waals surface area (Å²) in [5, 5.41) is 1.57. The van der Waals surface area contributed by atoms with Crippen molar-refractivity contribution in [3.63, 3.8) is 0 Å². The van der Waals surface area contributed by atoms with Gasteiger partial charge in [0.25, 0.3) is 0 Å². The van der Waals surface area contributed by atoms with E-state index in [1.54, 1.807) is 5.38 Å². The van der Waals surface area contributed by atoms with E-state index >= 15 is 0 Å². The van der Waals surface area contributed by atoms with Gasteiger partial charge in [-0.3, -0.25) is 0 Å². The van der Waals surface area contributed by atoms with E-state index in [0.29, 0.717) is 4.47 Å². The van der Waals surface area contributed by atoms with E-state index in [4.69, 9.17) is 5.73 Å². The van der Waals surface area contributed by atoms with Gasteiger partial charge in [0.1, 0.15) is 6.04 Å². The fourth-order valence-corrected chi connectivity index (χ4v) is 2.12. The maximum atomic E-state index is 12.0. The molecule has 7 heteroatoms. The minimum absolute atomic E-state index is 0. The molecule has 1 heterocycles. The Bertz CT molecular complexity index is 275. The van der Waals surface area contributed by atoms with Crippen LogP contribution in [0.15, 0.2) is 15.9 Å². The van der Waals surface area contributed by atoms with Crippen LogP contribution >= 0.6 is 39.7 Å². The van der Waals surface area contributed by atoms with E-state index in [1.165, 1.54) is 6.07 Å². The molecule has 0 aliphatic rings. The highest BCUT2D eigenvalue weighted by Gasteiger charge is 2.38. The monoisotopic (exact) mass is 295 g/mol. The average Bonchev–Trinajstić information content (AvgIpc) is 2.32. The highest BCUT2D eigenvalue weighted by Crippen LogP contribution is 2.34. The summed E-state index contributed by atoms with van der Waals surface area (Å²) in [7, 11) is 0. The lowest BCUT2D eigenvalue weighted by Gasteiger charge is -2.12. The third kappa shape index (κ3) is 3.46. The molecule has 0 radical (unpaired) electrons. The van der Waals surface area contributed by atoms with Gasteiger partial charge in [-0.25, -0.2) is 0 Å². The fraction of sp³-hybridized carbons (Fsp3) is 0.333. The van der Waals surface area contributed by atoms with Gasteiger partial charge in [0.05, 0.1) is 0 Å². The zero-order valence-electron chi connectivity index (χ0n) is 6.14. The molecule has 0 aliphatic carbocycles. The molecule has 1 nitrogen and oxygen atoms in total. The first-order chi connectivity index (χ1) is 5.41. The van der Waals surface area contributed by atoms with E-state index in [9.17, 15) is 13.2 Å². The zero-order valence-corrected chi connectivity index (χ0v) is 9.36. The van der Waals surface area contributed by atoms with Crippen LogP contribution in [0.1, 0.15) is 10.9 Å². The number of hydrogen-bond donors (Lipinski definition) is 1. The second kappa shape index (κ2) is 4.63. The Hall–Kier alpha value is 0.220. The van der Waals surface area contributed by atoms with Crippen molar-refractivity contribution in [2.45, 2.75) is 12.2 Å². The highest BCUT2D eigenvalue weighted by molar-refractivity contribution is 9.10. The molecule has 13 heavy (non-hydrogen) atoms. The van der Waals surface area contributed by atoms with Gasteiger partial charge in [-0.1, -0.05) is 0 Å². The second-order valence-corrected chi connectivity index (χ2v) is 4.05. The summed E-state index contributed by atoms with van der Waals surface area (Å²) >= 11 is 4.05. The number of nitrogens with two attached hydrogens (primary N) is 1. The summed E-state index contributed by atoms with van der Waals surface area (Å²) in [5.74, 6) is 0. The Kier molecular flexibility index (Phi) is 4.71. The van der Waals surface area contributed by atoms with E-state index in [0.717, 1.165) is 11.3 Å². The van der Waals surface area contributed by atoms with Crippen molar-refractivity contribution >= 4 is 39.7 Å². The molecule has 0 saturated heterocycles. The molecule has 1 rings (SSSR count). The number of hydrogen-bond acceptors (Lipinski definition) is 2. The van der Waals surface area contributed by atoms with Crippen LogP contribution in [-0.4, -0.2) is 6.18 Å².